The molecular formula is C32H30ClN3O2. The number of nitrogens with zero attached hydrogens (tertiary/aromatic N) is 1. The number of anilines is 2. The van der Waals surface area contributed by atoms with Gasteiger partial charge in [-0.3, -0.25) is 9.59 Å². The lowest BCUT2D eigenvalue weighted by Crippen LogP contribution is -2.33. The third-order valence-corrected chi connectivity index (χ3v) is 7.29. The van der Waals surface area contributed by atoms with Crippen LogP contribution in [0.15, 0.2) is 103 Å². The number of alkyl halides is 1. The molecule has 6 heteroatoms. The number of carbonyl (C=O) groups is 2. The van der Waals surface area contributed by atoms with E-state index in [1.807, 2.05) is 78.9 Å². The maximum absolute atomic E-state index is 13.5. The highest BCUT2D eigenvalue weighted by atomic mass is 35.5. The highest BCUT2D eigenvalue weighted by Gasteiger charge is 2.23. The summed E-state index contributed by atoms with van der Waals surface area (Å²) < 4.78 is 0. The van der Waals surface area contributed by atoms with Crippen LogP contribution in [0.2, 0.25) is 0 Å². The lowest BCUT2D eigenvalue weighted by atomic mass is 9.98. The first-order valence-corrected chi connectivity index (χ1v) is 13.3. The van der Waals surface area contributed by atoms with E-state index in [-0.39, 0.29) is 11.8 Å². The van der Waals surface area contributed by atoms with Gasteiger partial charge in [-0.05, 0) is 53.3 Å². The first-order valence-electron chi connectivity index (χ1n) is 12.9. The van der Waals surface area contributed by atoms with Gasteiger partial charge in [-0.2, -0.15) is 0 Å². The third kappa shape index (κ3) is 6.06. The number of halogens is 1. The lowest BCUT2D eigenvalue weighted by Gasteiger charge is -2.32. The maximum Gasteiger partial charge on any atom is 0.253 e. The Morgan fingerprint density at radius 1 is 0.842 bits per heavy atom. The molecule has 4 aromatic carbocycles. The van der Waals surface area contributed by atoms with Crippen molar-refractivity contribution in [3.63, 3.8) is 0 Å². The van der Waals surface area contributed by atoms with Crippen LogP contribution in [0.25, 0.3) is 0 Å². The molecule has 1 aliphatic heterocycles. The van der Waals surface area contributed by atoms with Crippen LogP contribution in [0.3, 0.4) is 0 Å². The predicted molar refractivity (Wildman–Crippen MR) is 154 cm³/mol. The Balaban J connectivity index is 1.37. The van der Waals surface area contributed by atoms with Crippen molar-refractivity contribution in [3.8, 4) is 0 Å². The molecule has 1 atom stereocenters. The second-order valence-electron chi connectivity index (χ2n) is 9.43. The van der Waals surface area contributed by atoms with E-state index < -0.39 is 5.38 Å². The summed E-state index contributed by atoms with van der Waals surface area (Å²) in [5.74, 6) is -0.510. The Morgan fingerprint density at radius 2 is 1.53 bits per heavy atom. The fraction of sp³-hybridized carbons (Fsp3) is 0.188. The molecule has 0 aromatic heterocycles. The summed E-state index contributed by atoms with van der Waals surface area (Å²) in [5.41, 5.74) is 6.40. The van der Waals surface area contributed by atoms with Gasteiger partial charge in [0.1, 0.15) is 5.38 Å². The van der Waals surface area contributed by atoms with Crippen LogP contribution in [0, 0.1) is 0 Å². The Bertz CT molecular complexity index is 1410. The minimum atomic E-state index is -0.836. The van der Waals surface area contributed by atoms with Crippen LogP contribution in [-0.4, -0.2) is 24.9 Å². The summed E-state index contributed by atoms with van der Waals surface area (Å²) in [4.78, 5) is 28.6. The SMILES string of the molecule is O=C(NCCc1ccccc1)c1cc(NC(=O)C(Cl)c2ccccc2)ccc1N1CCc2ccccc2C1. The van der Waals surface area contributed by atoms with Crippen LogP contribution in [0.1, 0.15) is 38.0 Å². The molecule has 0 saturated heterocycles. The molecule has 0 radical (unpaired) electrons. The fourth-order valence-electron chi connectivity index (χ4n) is 4.81. The standard InChI is InChI=1S/C32H30ClN3O2/c33-30(25-12-5-2-6-13-25)32(38)35-27-15-16-29(36-20-18-24-11-7-8-14-26(24)22-36)28(21-27)31(37)34-19-17-23-9-3-1-4-10-23/h1-16,21,30H,17-20,22H2,(H,34,37)(H,35,38). The highest BCUT2D eigenvalue weighted by Crippen LogP contribution is 2.30. The molecule has 0 saturated carbocycles. The molecule has 1 heterocycles. The molecule has 5 nitrogen and oxygen atoms in total. The first kappa shape index (κ1) is 25.6. The highest BCUT2D eigenvalue weighted by molar-refractivity contribution is 6.32. The van der Waals surface area contributed by atoms with E-state index in [0.29, 0.717) is 23.4 Å². The molecule has 2 N–H and O–H groups in total. The quantitative estimate of drug-likeness (QED) is 0.273. The van der Waals surface area contributed by atoms with Crippen LogP contribution in [0.4, 0.5) is 11.4 Å². The van der Waals surface area contributed by atoms with Crippen molar-refractivity contribution in [2.75, 3.05) is 23.3 Å². The number of amides is 2. The minimum Gasteiger partial charge on any atom is -0.366 e. The minimum absolute atomic E-state index is 0.170. The zero-order valence-corrected chi connectivity index (χ0v) is 21.8. The Hall–Kier alpha value is -4.09. The van der Waals surface area contributed by atoms with Crippen molar-refractivity contribution in [1.82, 2.24) is 5.32 Å². The van der Waals surface area contributed by atoms with Crippen molar-refractivity contribution in [1.29, 1.82) is 0 Å². The molecule has 2 amide bonds. The second kappa shape index (κ2) is 12.0. The predicted octanol–water partition coefficient (Wildman–Crippen LogP) is 6.14. The van der Waals surface area contributed by atoms with Crippen molar-refractivity contribution in [2.45, 2.75) is 24.8 Å². The molecule has 5 rings (SSSR count). The zero-order chi connectivity index (χ0) is 26.3. The number of carbonyl (C=O) groups excluding carboxylic acids is 2. The van der Waals surface area contributed by atoms with Gasteiger partial charge in [-0.1, -0.05) is 84.9 Å². The van der Waals surface area contributed by atoms with E-state index in [9.17, 15) is 9.59 Å². The summed E-state index contributed by atoms with van der Waals surface area (Å²) in [5, 5.41) is 5.13. The van der Waals surface area contributed by atoms with Gasteiger partial charge >= 0.3 is 0 Å². The average molecular weight is 524 g/mol. The largest absolute Gasteiger partial charge is 0.366 e. The van der Waals surface area contributed by atoms with Gasteiger partial charge < -0.3 is 15.5 Å². The van der Waals surface area contributed by atoms with Gasteiger partial charge in [0.25, 0.3) is 5.91 Å². The van der Waals surface area contributed by atoms with E-state index in [4.69, 9.17) is 11.6 Å². The number of benzene rings is 4. The molecule has 0 bridgehead atoms. The number of rotatable bonds is 8. The Labute approximate surface area is 228 Å². The van der Waals surface area contributed by atoms with Gasteiger partial charge in [0.2, 0.25) is 5.91 Å². The maximum atomic E-state index is 13.5. The number of hydrogen-bond donors (Lipinski definition) is 2. The smallest absolute Gasteiger partial charge is 0.253 e. The summed E-state index contributed by atoms with van der Waals surface area (Å²) in [6.07, 6.45) is 1.65. The summed E-state index contributed by atoms with van der Waals surface area (Å²) in [7, 11) is 0. The first-order chi connectivity index (χ1) is 18.6. The van der Waals surface area contributed by atoms with Crippen molar-refractivity contribution >= 4 is 34.8 Å². The monoisotopic (exact) mass is 523 g/mol. The summed E-state index contributed by atoms with van der Waals surface area (Å²) in [6, 6.07) is 33.2. The van der Waals surface area contributed by atoms with E-state index in [1.165, 1.54) is 11.1 Å². The molecular weight excluding hydrogens is 494 g/mol. The van der Waals surface area contributed by atoms with E-state index in [1.54, 1.807) is 6.07 Å². The third-order valence-electron chi connectivity index (χ3n) is 6.84. The Kier molecular flexibility index (Phi) is 8.05. The van der Waals surface area contributed by atoms with Crippen LogP contribution < -0.4 is 15.5 Å². The van der Waals surface area contributed by atoms with Crippen molar-refractivity contribution in [2.24, 2.45) is 0 Å². The number of hydrogen-bond acceptors (Lipinski definition) is 3. The van der Waals surface area contributed by atoms with Gasteiger partial charge in [-0.25, -0.2) is 0 Å². The van der Waals surface area contributed by atoms with Crippen LogP contribution >= 0.6 is 11.6 Å². The molecule has 0 aliphatic carbocycles. The van der Waals surface area contributed by atoms with E-state index in [0.717, 1.165) is 37.2 Å². The summed E-state index contributed by atoms with van der Waals surface area (Å²) in [6.45, 7) is 2.05. The van der Waals surface area contributed by atoms with Gasteiger partial charge in [0.05, 0.1) is 5.56 Å². The van der Waals surface area contributed by atoms with Crippen molar-refractivity contribution < 1.29 is 9.59 Å². The number of nitrogens with one attached hydrogen (secondary N) is 2. The molecule has 1 unspecified atom stereocenters. The van der Waals surface area contributed by atoms with Crippen LogP contribution in [-0.2, 0) is 24.2 Å². The zero-order valence-electron chi connectivity index (χ0n) is 21.1. The fourth-order valence-corrected chi connectivity index (χ4v) is 5.01. The molecule has 38 heavy (non-hydrogen) atoms. The molecule has 0 spiro atoms. The second-order valence-corrected chi connectivity index (χ2v) is 9.86. The van der Waals surface area contributed by atoms with E-state index in [2.05, 4.69) is 33.7 Å². The van der Waals surface area contributed by atoms with Crippen molar-refractivity contribution in [3.05, 3.63) is 131 Å². The Morgan fingerprint density at radius 3 is 2.29 bits per heavy atom. The molecule has 192 valence electrons. The summed E-state index contributed by atoms with van der Waals surface area (Å²) >= 11 is 6.44. The molecule has 0 fully saturated rings. The van der Waals surface area contributed by atoms with Gasteiger partial charge in [-0.15, -0.1) is 11.6 Å². The molecule has 4 aromatic rings. The topological polar surface area (TPSA) is 61.4 Å². The number of fused-ring (bicyclic) bond motifs is 1. The van der Waals surface area contributed by atoms with Gasteiger partial charge in [0, 0.05) is 31.0 Å². The molecule has 1 aliphatic rings. The van der Waals surface area contributed by atoms with E-state index >= 15 is 0 Å². The lowest BCUT2D eigenvalue weighted by molar-refractivity contribution is -0.116. The average Bonchev–Trinajstić information content (AvgIpc) is 2.97. The normalized spacial score (nSPS) is 13.3. The van der Waals surface area contributed by atoms with Gasteiger partial charge in [0.15, 0.2) is 0 Å². The van der Waals surface area contributed by atoms with Crippen LogP contribution in [0.5, 0.6) is 0 Å².